The van der Waals surface area contributed by atoms with Gasteiger partial charge in [-0.2, -0.15) is 13.2 Å². The number of nitrogens with one attached hydrogen (secondary N) is 1. The zero-order chi connectivity index (χ0) is 25.5. The Balaban J connectivity index is 1.64. The molecule has 0 spiro atoms. The lowest BCUT2D eigenvalue weighted by molar-refractivity contribution is -0.256. The van der Waals surface area contributed by atoms with E-state index in [1.54, 1.807) is 54.2 Å². The van der Waals surface area contributed by atoms with Gasteiger partial charge in [0.05, 0.1) is 18.2 Å². The molecule has 0 saturated carbocycles. The number of rotatable bonds is 7. The number of aromatic nitrogens is 3. The van der Waals surface area contributed by atoms with Gasteiger partial charge in [-0.25, -0.2) is 4.98 Å². The van der Waals surface area contributed by atoms with E-state index in [4.69, 9.17) is 4.74 Å². The molecule has 0 radical (unpaired) electrons. The van der Waals surface area contributed by atoms with Crippen LogP contribution in [0.5, 0.6) is 5.75 Å². The van der Waals surface area contributed by atoms with Gasteiger partial charge >= 0.3 is 6.18 Å². The van der Waals surface area contributed by atoms with Gasteiger partial charge in [0.1, 0.15) is 5.75 Å². The predicted octanol–water partition coefficient (Wildman–Crippen LogP) is 5.45. The number of para-hydroxylation sites is 1. The van der Waals surface area contributed by atoms with Crippen molar-refractivity contribution < 1.29 is 23.0 Å². The van der Waals surface area contributed by atoms with E-state index in [2.05, 4.69) is 15.3 Å². The van der Waals surface area contributed by atoms with E-state index >= 15 is 0 Å². The first-order chi connectivity index (χ1) is 17.2. The number of aliphatic hydroxyl groups is 1. The van der Waals surface area contributed by atoms with E-state index in [0.29, 0.717) is 40.5 Å². The number of anilines is 1. The molecular weight excluding hydrogens is 489 g/mol. The molecule has 36 heavy (non-hydrogen) atoms. The number of hydrogen-bond donors (Lipinski definition) is 2. The van der Waals surface area contributed by atoms with E-state index in [1.807, 2.05) is 19.1 Å². The lowest BCUT2D eigenvalue weighted by Gasteiger charge is -2.39. The van der Waals surface area contributed by atoms with Gasteiger partial charge in [-0.15, -0.1) is 0 Å². The number of halogens is 3. The molecule has 0 amide bonds. The predicted molar refractivity (Wildman–Crippen MR) is 133 cm³/mol. The molecule has 2 N–H and O–H groups in total. The third-order valence-electron chi connectivity index (χ3n) is 6.39. The number of pyridine rings is 1. The number of nitrogens with zero attached hydrogens (tertiary/aromatic N) is 3. The number of fused-ring (bicyclic) bond motifs is 2. The molecule has 0 fully saturated rings. The van der Waals surface area contributed by atoms with Crippen LogP contribution in [0.25, 0.3) is 10.9 Å². The summed E-state index contributed by atoms with van der Waals surface area (Å²) in [5, 5.41) is 15.6. The molecule has 0 bridgehead atoms. The maximum atomic E-state index is 14.8. The summed E-state index contributed by atoms with van der Waals surface area (Å²) < 4.78 is 51.8. The molecule has 0 aliphatic carbocycles. The highest BCUT2D eigenvalue weighted by Gasteiger charge is 2.60. The van der Waals surface area contributed by atoms with Gasteiger partial charge in [-0.05, 0) is 36.8 Å². The van der Waals surface area contributed by atoms with Gasteiger partial charge in [0.2, 0.25) is 0 Å². The first kappa shape index (κ1) is 24.5. The lowest BCUT2D eigenvalue weighted by Crippen LogP contribution is -2.54. The SMILES string of the molecule is Cc1ccc2c(NC(c3cccc4c3OCC4)C(O)(CSc3nccn3C)C(F)(F)F)cccc2n1. The Kier molecular flexibility index (Phi) is 6.34. The van der Waals surface area contributed by atoms with Crippen LogP contribution >= 0.6 is 11.8 Å². The fourth-order valence-electron chi connectivity index (χ4n) is 4.46. The van der Waals surface area contributed by atoms with Crippen LogP contribution in [0.2, 0.25) is 0 Å². The van der Waals surface area contributed by atoms with Crippen LogP contribution in [0, 0.1) is 6.92 Å². The maximum absolute atomic E-state index is 14.8. The van der Waals surface area contributed by atoms with Gasteiger partial charge in [0.25, 0.3) is 0 Å². The fraction of sp³-hybridized carbons (Fsp3) is 0.308. The van der Waals surface area contributed by atoms with Crippen molar-refractivity contribution in [2.75, 3.05) is 17.7 Å². The van der Waals surface area contributed by atoms with E-state index in [1.165, 1.54) is 6.20 Å². The topological polar surface area (TPSA) is 72.2 Å². The number of benzene rings is 2. The van der Waals surface area contributed by atoms with Crippen molar-refractivity contribution in [3.8, 4) is 5.75 Å². The van der Waals surface area contributed by atoms with Crippen LogP contribution in [-0.4, -0.2) is 43.8 Å². The Hall–Kier alpha value is -3.24. The van der Waals surface area contributed by atoms with Crippen molar-refractivity contribution >= 4 is 28.4 Å². The summed E-state index contributed by atoms with van der Waals surface area (Å²) >= 11 is 0.849. The second kappa shape index (κ2) is 9.33. The number of aryl methyl sites for hydroxylation is 2. The second-order valence-corrected chi connectivity index (χ2v) is 9.81. The Morgan fingerprint density at radius 1 is 1.17 bits per heavy atom. The summed E-state index contributed by atoms with van der Waals surface area (Å²) in [7, 11) is 1.70. The molecule has 2 aromatic carbocycles. The number of ether oxygens (including phenoxy) is 1. The average Bonchev–Trinajstić information content (AvgIpc) is 3.48. The van der Waals surface area contributed by atoms with E-state index < -0.39 is 23.6 Å². The lowest BCUT2D eigenvalue weighted by atomic mass is 9.87. The van der Waals surface area contributed by atoms with Crippen molar-refractivity contribution in [1.82, 2.24) is 14.5 Å². The maximum Gasteiger partial charge on any atom is 0.420 e. The van der Waals surface area contributed by atoms with Gasteiger partial charge in [-0.3, -0.25) is 4.98 Å². The van der Waals surface area contributed by atoms with Crippen LogP contribution in [0.1, 0.15) is 22.9 Å². The minimum atomic E-state index is -4.97. The molecule has 188 valence electrons. The summed E-state index contributed by atoms with van der Waals surface area (Å²) in [5.74, 6) is -0.293. The Bertz CT molecular complexity index is 1410. The monoisotopic (exact) mass is 514 g/mol. The van der Waals surface area contributed by atoms with Gasteiger partial charge in [0, 0.05) is 53.9 Å². The summed E-state index contributed by atoms with van der Waals surface area (Å²) in [6.07, 6.45) is -1.22. The van der Waals surface area contributed by atoms with Crippen molar-refractivity contribution in [3.63, 3.8) is 0 Å². The summed E-state index contributed by atoms with van der Waals surface area (Å²) in [4.78, 5) is 8.62. The third kappa shape index (κ3) is 4.39. The molecule has 2 atom stereocenters. The first-order valence-electron chi connectivity index (χ1n) is 11.4. The molecule has 3 heterocycles. The van der Waals surface area contributed by atoms with Crippen LogP contribution < -0.4 is 10.1 Å². The highest BCUT2D eigenvalue weighted by atomic mass is 32.2. The standard InChI is InChI=1S/C26H25F3N4O2S/c1-16-9-10-18-20(31-16)7-4-8-21(18)32-23(19-6-3-5-17-11-14-35-22(17)19)25(34,26(27,28)29)15-36-24-30-12-13-33(24)2/h3-10,12-13,23,32,34H,11,14-15H2,1-2H3. The number of imidazole rings is 1. The van der Waals surface area contributed by atoms with Crippen molar-refractivity contribution in [2.45, 2.75) is 36.3 Å². The van der Waals surface area contributed by atoms with Crippen molar-refractivity contribution in [2.24, 2.45) is 7.05 Å². The second-order valence-electron chi connectivity index (χ2n) is 8.87. The largest absolute Gasteiger partial charge is 0.493 e. The minimum absolute atomic E-state index is 0.252. The number of thioether (sulfide) groups is 1. The third-order valence-corrected chi connectivity index (χ3v) is 7.63. The molecule has 2 aromatic heterocycles. The molecule has 2 unspecified atom stereocenters. The average molecular weight is 515 g/mol. The van der Waals surface area contributed by atoms with Crippen LogP contribution in [-0.2, 0) is 13.5 Å². The van der Waals surface area contributed by atoms with E-state index in [9.17, 15) is 18.3 Å². The van der Waals surface area contributed by atoms with Gasteiger partial charge in [-0.1, -0.05) is 36.0 Å². The quantitative estimate of drug-likeness (QED) is 0.320. The van der Waals surface area contributed by atoms with Crippen molar-refractivity contribution in [3.05, 3.63) is 77.7 Å². The Morgan fingerprint density at radius 2 is 1.97 bits per heavy atom. The van der Waals surface area contributed by atoms with E-state index in [-0.39, 0.29) is 5.56 Å². The zero-order valence-corrected chi connectivity index (χ0v) is 20.5. The van der Waals surface area contributed by atoms with Crippen LogP contribution in [0.3, 0.4) is 0 Å². The molecule has 0 saturated heterocycles. The molecule has 1 aliphatic rings. The number of hydrogen-bond acceptors (Lipinski definition) is 6. The highest BCUT2D eigenvalue weighted by Crippen LogP contribution is 2.48. The highest BCUT2D eigenvalue weighted by molar-refractivity contribution is 7.99. The van der Waals surface area contributed by atoms with E-state index in [0.717, 1.165) is 23.0 Å². The van der Waals surface area contributed by atoms with Crippen LogP contribution in [0.4, 0.5) is 18.9 Å². The zero-order valence-electron chi connectivity index (χ0n) is 19.7. The summed E-state index contributed by atoms with van der Waals surface area (Å²) in [5.41, 5.74) is -0.219. The smallest absolute Gasteiger partial charge is 0.420 e. The van der Waals surface area contributed by atoms with Gasteiger partial charge in [0.15, 0.2) is 10.8 Å². The normalized spacial score (nSPS) is 15.8. The first-order valence-corrected chi connectivity index (χ1v) is 12.4. The molecule has 5 rings (SSSR count). The van der Waals surface area contributed by atoms with Gasteiger partial charge < -0.3 is 19.7 Å². The molecule has 4 aromatic rings. The van der Waals surface area contributed by atoms with Crippen LogP contribution in [0.15, 0.2) is 66.1 Å². The fourth-order valence-corrected chi connectivity index (χ4v) is 5.53. The Labute approximate surface area is 210 Å². The molecule has 6 nitrogen and oxygen atoms in total. The summed E-state index contributed by atoms with van der Waals surface area (Å²) in [6, 6.07) is 12.4. The molecular formula is C26H25F3N4O2S. The molecule has 1 aliphatic heterocycles. The van der Waals surface area contributed by atoms with Crippen molar-refractivity contribution in [1.29, 1.82) is 0 Å². The Morgan fingerprint density at radius 3 is 2.72 bits per heavy atom. The number of alkyl halides is 3. The molecule has 10 heteroatoms. The summed E-state index contributed by atoms with van der Waals surface area (Å²) in [6.45, 7) is 2.23. The minimum Gasteiger partial charge on any atom is -0.493 e.